The highest BCUT2D eigenvalue weighted by Gasteiger charge is 2.30. The zero-order valence-electron chi connectivity index (χ0n) is 19.4. The Labute approximate surface area is 203 Å². The number of nitrogens with one attached hydrogen (secondary N) is 1. The Bertz CT molecular complexity index is 1230. The first-order valence-electron chi connectivity index (χ1n) is 11.0. The van der Waals surface area contributed by atoms with Gasteiger partial charge in [-0.25, -0.2) is 0 Å². The molecule has 0 bridgehead atoms. The van der Waals surface area contributed by atoms with Gasteiger partial charge in [-0.3, -0.25) is 9.59 Å². The van der Waals surface area contributed by atoms with E-state index in [1.54, 1.807) is 30.2 Å². The van der Waals surface area contributed by atoms with Gasteiger partial charge < -0.3 is 24.4 Å². The van der Waals surface area contributed by atoms with E-state index in [-0.39, 0.29) is 17.7 Å². The van der Waals surface area contributed by atoms with E-state index in [1.807, 2.05) is 30.3 Å². The summed E-state index contributed by atoms with van der Waals surface area (Å²) in [5.41, 5.74) is 1.06. The van der Waals surface area contributed by atoms with Crippen LogP contribution in [-0.4, -0.2) is 51.1 Å². The minimum absolute atomic E-state index is 0.0959. The number of fused-ring (bicyclic) bond motifs is 1. The number of anilines is 1. The van der Waals surface area contributed by atoms with Crippen LogP contribution in [0, 0.1) is 5.92 Å². The Morgan fingerprint density at radius 3 is 2.35 bits per heavy atom. The minimum atomic E-state index is -0.354. The second-order valence-corrected chi connectivity index (χ2v) is 8.53. The molecule has 34 heavy (non-hydrogen) atoms. The third-order valence-corrected chi connectivity index (χ3v) is 6.44. The molecule has 1 aliphatic heterocycles. The van der Waals surface area contributed by atoms with Gasteiger partial charge in [0, 0.05) is 30.1 Å². The maximum atomic E-state index is 13.5. The van der Waals surface area contributed by atoms with Gasteiger partial charge in [-0.15, -0.1) is 0 Å². The van der Waals surface area contributed by atoms with Gasteiger partial charge >= 0.3 is 0 Å². The van der Waals surface area contributed by atoms with Gasteiger partial charge in [0.05, 0.1) is 38.0 Å². The molecule has 0 aromatic heterocycles. The summed E-state index contributed by atoms with van der Waals surface area (Å²) in [6.45, 7) is 0.928. The Morgan fingerprint density at radius 2 is 1.65 bits per heavy atom. The summed E-state index contributed by atoms with van der Waals surface area (Å²) in [6.07, 6.45) is 1.42. The van der Waals surface area contributed by atoms with Gasteiger partial charge in [0.1, 0.15) is 17.2 Å². The third kappa shape index (κ3) is 4.61. The molecule has 0 unspecified atom stereocenters. The number of piperidine rings is 1. The summed E-state index contributed by atoms with van der Waals surface area (Å²) < 4.78 is 16.0. The van der Waals surface area contributed by atoms with Gasteiger partial charge in [-0.2, -0.15) is 0 Å². The number of rotatable bonds is 6. The van der Waals surface area contributed by atoms with E-state index in [0.29, 0.717) is 47.3 Å². The van der Waals surface area contributed by atoms with Crippen LogP contribution in [-0.2, 0) is 4.79 Å². The highest BCUT2D eigenvalue weighted by Crippen LogP contribution is 2.36. The lowest BCUT2D eigenvalue weighted by molar-refractivity contribution is -0.121. The molecule has 2 amide bonds. The maximum absolute atomic E-state index is 13.5. The van der Waals surface area contributed by atoms with Crippen molar-refractivity contribution < 1.29 is 23.8 Å². The van der Waals surface area contributed by atoms with Crippen LogP contribution in [0.3, 0.4) is 0 Å². The van der Waals surface area contributed by atoms with Crippen molar-refractivity contribution in [1.29, 1.82) is 0 Å². The molecule has 4 rings (SSSR count). The number of likely N-dealkylation sites (tertiary alicyclic amines) is 1. The lowest BCUT2D eigenvalue weighted by atomic mass is 9.95. The Hall–Kier alpha value is -3.45. The Morgan fingerprint density at radius 1 is 0.941 bits per heavy atom. The molecule has 8 heteroatoms. The van der Waals surface area contributed by atoms with Crippen molar-refractivity contribution in [2.75, 3.05) is 39.7 Å². The standard InChI is InChI=1S/C26H27ClN2O5/c1-32-22-11-10-19(17-8-4-5-9-18(17)22)26(31)29-12-6-7-16(15-29)25(30)28-21-13-20(27)23(33-2)14-24(21)34-3/h4-5,8-11,13-14,16H,6-7,12,15H2,1-3H3,(H,28,30)/t16-/m1/s1. The summed E-state index contributed by atoms with van der Waals surface area (Å²) in [5, 5.41) is 4.98. The number of ether oxygens (including phenoxy) is 3. The molecule has 1 atom stereocenters. The maximum Gasteiger partial charge on any atom is 0.254 e. The van der Waals surface area contributed by atoms with E-state index in [2.05, 4.69) is 5.32 Å². The fourth-order valence-corrected chi connectivity index (χ4v) is 4.62. The number of benzene rings is 3. The first kappa shape index (κ1) is 23.7. The minimum Gasteiger partial charge on any atom is -0.496 e. The summed E-state index contributed by atoms with van der Waals surface area (Å²) >= 11 is 6.24. The lowest BCUT2D eigenvalue weighted by Crippen LogP contribution is -2.43. The molecule has 1 heterocycles. The van der Waals surface area contributed by atoms with Gasteiger partial charge in [0.15, 0.2) is 0 Å². The second-order valence-electron chi connectivity index (χ2n) is 8.13. The molecular formula is C26H27ClN2O5. The van der Waals surface area contributed by atoms with E-state index in [9.17, 15) is 9.59 Å². The first-order chi connectivity index (χ1) is 16.5. The van der Waals surface area contributed by atoms with Gasteiger partial charge in [-0.1, -0.05) is 35.9 Å². The van der Waals surface area contributed by atoms with Gasteiger partial charge in [0.2, 0.25) is 5.91 Å². The van der Waals surface area contributed by atoms with Crippen LogP contribution in [0.4, 0.5) is 5.69 Å². The smallest absolute Gasteiger partial charge is 0.254 e. The summed E-state index contributed by atoms with van der Waals surface area (Å²) in [4.78, 5) is 28.3. The van der Waals surface area contributed by atoms with Crippen LogP contribution in [0.2, 0.25) is 5.02 Å². The van der Waals surface area contributed by atoms with E-state index in [1.165, 1.54) is 14.2 Å². The predicted molar refractivity (Wildman–Crippen MR) is 132 cm³/mol. The summed E-state index contributed by atoms with van der Waals surface area (Å²) in [5.74, 6) is 0.988. The van der Waals surface area contributed by atoms with Crippen molar-refractivity contribution in [3.05, 3.63) is 59.1 Å². The highest BCUT2D eigenvalue weighted by molar-refractivity contribution is 6.32. The number of halogens is 1. The van der Waals surface area contributed by atoms with E-state index in [4.69, 9.17) is 25.8 Å². The van der Waals surface area contributed by atoms with Crippen LogP contribution in [0.1, 0.15) is 23.2 Å². The van der Waals surface area contributed by atoms with E-state index in [0.717, 1.165) is 22.9 Å². The zero-order valence-corrected chi connectivity index (χ0v) is 20.1. The van der Waals surface area contributed by atoms with Gasteiger partial charge in [0.25, 0.3) is 5.91 Å². The predicted octanol–water partition coefficient (Wildman–Crippen LogP) is 5.01. The zero-order chi connectivity index (χ0) is 24.2. The number of hydrogen-bond donors (Lipinski definition) is 1. The molecule has 0 spiro atoms. The summed E-state index contributed by atoms with van der Waals surface area (Å²) in [6, 6.07) is 14.5. The topological polar surface area (TPSA) is 77.1 Å². The van der Waals surface area contributed by atoms with Crippen LogP contribution in [0.15, 0.2) is 48.5 Å². The van der Waals surface area contributed by atoms with Gasteiger partial charge in [-0.05, 0) is 36.4 Å². The average Bonchev–Trinajstić information content (AvgIpc) is 2.87. The fraction of sp³-hybridized carbons (Fsp3) is 0.308. The van der Waals surface area contributed by atoms with Crippen LogP contribution in [0.25, 0.3) is 10.8 Å². The second kappa shape index (κ2) is 10.2. The molecule has 0 radical (unpaired) electrons. The summed E-state index contributed by atoms with van der Waals surface area (Å²) in [7, 11) is 4.64. The highest BCUT2D eigenvalue weighted by atomic mass is 35.5. The normalized spacial score (nSPS) is 15.6. The molecule has 1 saturated heterocycles. The lowest BCUT2D eigenvalue weighted by Gasteiger charge is -2.32. The molecule has 1 aliphatic rings. The van der Waals surface area contributed by atoms with Crippen LogP contribution >= 0.6 is 11.6 Å². The van der Waals surface area contributed by atoms with Crippen molar-refractivity contribution in [3.8, 4) is 17.2 Å². The Kier molecular flexibility index (Phi) is 7.12. The Balaban J connectivity index is 1.53. The van der Waals surface area contributed by atoms with Crippen LogP contribution < -0.4 is 19.5 Å². The van der Waals surface area contributed by atoms with Crippen molar-refractivity contribution >= 4 is 39.9 Å². The van der Waals surface area contributed by atoms with Crippen molar-refractivity contribution in [3.63, 3.8) is 0 Å². The molecule has 3 aromatic carbocycles. The SMILES string of the molecule is COc1cc(OC)c(NC(=O)[C@@H]2CCCN(C(=O)c3ccc(OC)c4ccccc34)C2)cc1Cl. The molecule has 1 N–H and O–H groups in total. The average molecular weight is 483 g/mol. The number of carbonyl (C=O) groups excluding carboxylic acids is 2. The largest absolute Gasteiger partial charge is 0.496 e. The van der Waals surface area contributed by atoms with Crippen molar-refractivity contribution in [1.82, 2.24) is 4.90 Å². The fourth-order valence-electron chi connectivity index (χ4n) is 4.37. The molecular weight excluding hydrogens is 456 g/mol. The number of carbonyl (C=O) groups is 2. The quantitative estimate of drug-likeness (QED) is 0.534. The van der Waals surface area contributed by atoms with E-state index >= 15 is 0 Å². The molecule has 0 aliphatic carbocycles. The molecule has 7 nitrogen and oxygen atoms in total. The van der Waals surface area contributed by atoms with Crippen molar-refractivity contribution in [2.24, 2.45) is 5.92 Å². The number of hydrogen-bond acceptors (Lipinski definition) is 5. The van der Waals surface area contributed by atoms with Crippen molar-refractivity contribution in [2.45, 2.75) is 12.8 Å². The molecule has 178 valence electrons. The number of methoxy groups -OCH3 is 3. The number of amides is 2. The third-order valence-electron chi connectivity index (χ3n) is 6.15. The number of nitrogens with zero attached hydrogens (tertiary/aromatic N) is 1. The van der Waals surface area contributed by atoms with E-state index < -0.39 is 0 Å². The molecule has 0 saturated carbocycles. The molecule has 1 fully saturated rings. The molecule has 3 aromatic rings. The monoisotopic (exact) mass is 482 g/mol. The first-order valence-corrected chi connectivity index (χ1v) is 11.4. The van der Waals surface area contributed by atoms with Crippen LogP contribution in [0.5, 0.6) is 17.2 Å².